The van der Waals surface area contributed by atoms with E-state index >= 15 is 0 Å². The summed E-state index contributed by atoms with van der Waals surface area (Å²) in [6, 6.07) is 16.9. The van der Waals surface area contributed by atoms with E-state index in [1.54, 1.807) is 16.9 Å². The molecule has 2 aromatic heterocycles. The van der Waals surface area contributed by atoms with E-state index in [1.165, 1.54) is 0 Å². The van der Waals surface area contributed by atoms with Crippen LogP contribution in [0.15, 0.2) is 71.5 Å². The average molecular weight is 425 g/mol. The maximum absolute atomic E-state index is 12.5. The number of nitrogens with zero attached hydrogens (tertiary/aromatic N) is 2. The van der Waals surface area contributed by atoms with Crippen molar-refractivity contribution in [2.75, 3.05) is 11.9 Å². The molecule has 4 rings (SSSR count). The van der Waals surface area contributed by atoms with Gasteiger partial charge in [0.15, 0.2) is 0 Å². The Morgan fingerprint density at radius 1 is 1.19 bits per heavy atom. The van der Waals surface area contributed by atoms with Crippen LogP contribution in [0.4, 0.5) is 5.69 Å². The van der Waals surface area contributed by atoms with Crippen LogP contribution in [0.25, 0.3) is 10.9 Å². The largest absolute Gasteiger partial charge is 0.492 e. The van der Waals surface area contributed by atoms with Gasteiger partial charge in [0, 0.05) is 39.5 Å². The molecule has 0 saturated heterocycles. The third kappa shape index (κ3) is 4.20. The molecule has 0 aliphatic rings. The van der Waals surface area contributed by atoms with E-state index < -0.39 is 0 Å². The molecule has 1 amide bonds. The van der Waals surface area contributed by atoms with Crippen LogP contribution in [0.3, 0.4) is 0 Å². The Bertz CT molecular complexity index is 1070. The monoisotopic (exact) mass is 424 g/mol. The molecule has 0 aliphatic heterocycles. The third-order valence-corrected chi connectivity index (χ3v) is 4.56. The van der Waals surface area contributed by atoms with Gasteiger partial charge in [-0.05, 0) is 36.4 Å². The number of amides is 1. The fourth-order valence-electron chi connectivity index (χ4n) is 2.77. The van der Waals surface area contributed by atoms with Crippen LogP contribution in [0.1, 0.15) is 10.5 Å². The van der Waals surface area contributed by atoms with Crippen LogP contribution in [0.2, 0.25) is 0 Å². The minimum absolute atomic E-state index is 0.198. The van der Waals surface area contributed by atoms with E-state index in [0.717, 1.165) is 15.4 Å². The predicted molar refractivity (Wildman–Crippen MR) is 108 cm³/mol. The zero-order valence-corrected chi connectivity index (χ0v) is 15.9. The molecule has 2 N–H and O–H groups in total. The van der Waals surface area contributed by atoms with Gasteiger partial charge in [-0.25, -0.2) is 0 Å². The van der Waals surface area contributed by atoms with Crippen molar-refractivity contribution in [1.82, 2.24) is 14.8 Å². The lowest BCUT2D eigenvalue weighted by molar-refractivity contribution is 0.102. The SMILES string of the molecule is O=C(Nc1cccc(OCCn2cccn2)c1)c1cc2ccc(Br)cc2[nH]1. The molecule has 0 aliphatic carbocycles. The van der Waals surface area contributed by atoms with Crippen LogP contribution in [0, 0.1) is 0 Å². The Balaban J connectivity index is 1.41. The van der Waals surface area contributed by atoms with Crippen LogP contribution >= 0.6 is 15.9 Å². The number of aromatic nitrogens is 3. The van der Waals surface area contributed by atoms with E-state index in [2.05, 4.69) is 31.3 Å². The number of carbonyl (C=O) groups excluding carboxylic acids is 1. The van der Waals surface area contributed by atoms with Crippen molar-refractivity contribution in [1.29, 1.82) is 0 Å². The van der Waals surface area contributed by atoms with Crippen LogP contribution in [-0.2, 0) is 6.54 Å². The molecule has 0 saturated carbocycles. The fraction of sp³-hybridized carbons (Fsp3) is 0.100. The Kier molecular flexibility index (Phi) is 4.93. The second-order valence-electron chi connectivity index (χ2n) is 6.01. The van der Waals surface area contributed by atoms with Gasteiger partial charge in [-0.3, -0.25) is 9.48 Å². The van der Waals surface area contributed by atoms with Gasteiger partial charge in [0.2, 0.25) is 0 Å². The van der Waals surface area contributed by atoms with Crippen molar-refractivity contribution in [3.05, 3.63) is 77.2 Å². The number of aromatic amines is 1. The zero-order chi connectivity index (χ0) is 18.6. The van der Waals surface area contributed by atoms with Crippen molar-refractivity contribution in [3.63, 3.8) is 0 Å². The van der Waals surface area contributed by atoms with Crippen molar-refractivity contribution in [3.8, 4) is 5.75 Å². The first-order valence-electron chi connectivity index (χ1n) is 8.47. The number of halogens is 1. The number of anilines is 1. The molecule has 0 unspecified atom stereocenters. The number of rotatable bonds is 6. The molecule has 27 heavy (non-hydrogen) atoms. The van der Waals surface area contributed by atoms with Gasteiger partial charge >= 0.3 is 0 Å². The molecule has 0 bridgehead atoms. The highest BCUT2D eigenvalue weighted by Gasteiger charge is 2.10. The lowest BCUT2D eigenvalue weighted by Gasteiger charge is -2.09. The Labute approximate surface area is 164 Å². The van der Waals surface area contributed by atoms with E-state index in [9.17, 15) is 4.79 Å². The maximum Gasteiger partial charge on any atom is 0.272 e. The first-order valence-corrected chi connectivity index (χ1v) is 9.26. The van der Waals surface area contributed by atoms with Crippen molar-refractivity contribution in [2.24, 2.45) is 0 Å². The third-order valence-electron chi connectivity index (χ3n) is 4.07. The van der Waals surface area contributed by atoms with E-state index in [4.69, 9.17) is 4.74 Å². The van der Waals surface area contributed by atoms with Crippen molar-refractivity contribution in [2.45, 2.75) is 6.54 Å². The minimum Gasteiger partial charge on any atom is -0.492 e. The summed E-state index contributed by atoms with van der Waals surface area (Å²) in [6.07, 6.45) is 3.62. The van der Waals surface area contributed by atoms with Crippen molar-refractivity contribution < 1.29 is 9.53 Å². The molecule has 4 aromatic rings. The number of nitrogens with one attached hydrogen (secondary N) is 2. The van der Waals surface area contributed by atoms with E-state index in [-0.39, 0.29) is 5.91 Å². The molecule has 0 spiro atoms. The summed E-state index contributed by atoms with van der Waals surface area (Å²) in [5, 5.41) is 8.02. The highest BCUT2D eigenvalue weighted by atomic mass is 79.9. The summed E-state index contributed by atoms with van der Waals surface area (Å²) in [5.74, 6) is 0.497. The van der Waals surface area contributed by atoms with Gasteiger partial charge in [0.1, 0.15) is 18.1 Å². The summed E-state index contributed by atoms with van der Waals surface area (Å²) in [7, 11) is 0. The minimum atomic E-state index is -0.198. The topological polar surface area (TPSA) is 71.9 Å². The zero-order valence-electron chi connectivity index (χ0n) is 14.4. The molecular formula is C20H17BrN4O2. The Morgan fingerprint density at radius 2 is 2.11 bits per heavy atom. The summed E-state index contributed by atoms with van der Waals surface area (Å²) >= 11 is 3.43. The molecule has 6 nitrogen and oxygen atoms in total. The Morgan fingerprint density at radius 3 is 2.96 bits per heavy atom. The summed E-state index contributed by atoms with van der Waals surface area (Å²) < 4.78 is 8.51. The smallest absolute Gasteiger partial charge is 0.272 e. The molecular weight excluding hydrogens is 408 g/mol. The van der Waals surface area contributed by atoms with Gasteiger partial charge in [-0.15, -0.1) is 0 Å². The lowest BCUT2D eigenvalue weighted by atomic mass is 10.2. The number of hydrogen-bond acceptors (Lipinski definition) is 3. The van der Waals surface area contributed by atoms with Crippen LogP contribution < -0.4 is 10.1 Å². The molecule has 2 aromatic carbocycles. The van der Waals surface area contributed by atoms with Gasteiger partial charge in [0.25, 0.3) is 5.91 Å². The fourth-order valence-corrected chi connectivity index (χ4v) is 3.13. The summed E-state index contributed by atoms with van der Waals surface area (Å²) in [5.41, 5.74) is 2.09. The molecule has 0 fully saturated rings. The van der Waals surface area contributed by atoms with E-state index in [1.807, 2.05) is 54.7 Å². The number of hydrogen-bond donors (Lipinski definition) is 2. The molecule has 136 valence electrons. The highest BCUT2D eigenvalue weighted by molar-refractivity contribution is 9.10. The standard InChI is InChI=1S/C20H17BrN4O2/c21-15-6-5-14-11-19(24-18(14)12-15)20(26)23-16-3-1-4-17(13-16)27-10-9-25-8-2-7-22-25/h1-8,11-13,24H,9-10H2,(H,23,26). The maximum atomic E-state index is 12.5. The van der Waals surface area contributed by atoms with Crippen molar-refractivity contribution >= 4 is 38.4 Å². The van der Waals surface area contributed by atoms with Gasteiger partial charge in [0.05, 0.1) is 6.54 Å². The average Bonchev–Trinajstić information content (AvgIpc) is 3.31. The second kappa shape index (κ2) is 7.67. The highest BCUT2D eigenvalue weighted by Crippen LogP contribution is 2.22. The Hall–Kier alpha value is -3.06. The molecule has 0 radical (unpaired) electrons. The van der Waals surface area contributed by atoms with Crippen LogP contribution in [0.5, 0.6) is 5.75 Å². The normalized spacial score (nSPS) is 10.9. The van der Waals surface area contributed by atoms with Crippen LogP contribution in [-0.4, -0.2) is 27.3 Å². The number of benzene rings is 2. The first-order chi connectivity index (χ1) is 13.2. The predicted octanol–water partition coefficient (Wildman–Crippen LogP) is 4.46. The van der Waals surface area contributed by atoms with Gasteiger partial charge in [-0.2, -0.15) is 5.10 Å². The van der Waals surface area contributed by atoms with E-state index in [0.29, 0.717) is 30.3 Å². The lowest BCUT2D eigenvalue weighted by Crippen LogP contribution is -2.12. The number of H-pyrrole nitrogens is 1. The number of carbonyl (C=O) groups is 1. The van der Waals surface area contributed by atoms with Gasteiger partial charge in [-0.1, -0.05) is 28.1 Å². The molecule has 0 atom stereocenters. The molecule has 2 heterocycles. The first kappa shape index (κ1) is 17.4. The molecule has 7 heteroatoms. The number of ether oxygens (including phenoxy) is 1. The second-order valence-corrected chi connectivity index (χ2v) is 6.93. The quantitative estimate of drug-likeness (QED) is 0.479. The summed E-state index contributed by atoms with van der Waals surface area (Å²) in [4.78, 5) is 15.7. The number of fused-ring (bicyclic) bond motifs is 1. The summed E-state index contributed by atoms with van der Waals surface area (Å²) in [6.45, 7) is 1.16. The van der Waals surface area contributed by atoms with Gasteiger partial charge < -0.3 is 15.0 Å².